The van der Waals surface area contributed by atoms with E-state index in [9.17, 15) is 8.42 Å². The number of methoxy groups -OCH3 is 1. The van der Waals surface area contributed by atoms with E-state index in [-0.39, 0.29) is 22.8 Å². The highest BCUT2D eigenvalue weighted by atomic mass is 32.2. The maximum absolute atomic E-state index is 11.6. The first-order valence-corrected chi connectivity index (χ1v) is 11.9. The Morgan fingerprint density at radius 3 is 2.69 bits per heavy atom. The van der Waals surface area contributed by atoms with Gasteiger partial charge in [-0.1, -0.05) is 0 Å². The Hall–Kier alpha value is -3.45. The molecule has 0 bridgehead atoms. The van der Waals surface area contributed by atoms with Gasteiger partial charge in [-0.05, 0) is 43.7 Å². The third kappa shape index (κ3) is 4.73. The minimum Gasteiger partial charge on any atom is -0.490 e. The highest BCUT2D eigenvalue weighted by molar-refractivity contribution is 7.90. The number of nitrogens with one attached hydrogen (secondary N) is 3. The molecule has 0 aliphatic carbocycles. The van der Waals surface area contributed by atoms with Crippen LogP contribution in [0.1, 0.15) is 12.8 Å². The molecule has 1 aliphatic rings. The predicted octanol–water partition coefficient (Wildman–Crippen LogP) is 0.959. The lowest BCUT2D eigenvalue weighted by atomic mass is 10.1. The highest BCUT2D eigenvalue weighted by Crippen LogP contribution is 2.30. The molecule has 1 saturated heterocycles. The van der Waals surface area contributed by atoms with Crippen molar-refractivity contribution in [1.82, 2.24) is 30.0 Å². The molecule has 4 rings (SSSR count). The van der Waals surface area contributed by atoms with Crippen LogP contribution >= 0.6 is 0 Å². The predicted molar refractivity (Wildman–Crippen MR) is 120 cm³/mol. The maximum atomic E-state index is 11.6. The Kier molecular flexibility index (Phi) is 6.10. The number of rotatable bonds is 7. The second kappa shape index (κ2) is 8.96. The zero-order valence-electron chi connectivity index (χ0n) is 17.7. The van der Waals surface area contributed by atoms with E-state index in [1.54, 1.807) is 12.1 Å². The smallest absolute Gasteiger partial charge is 0.248 e. The fourth-order valence-corrected chi connectivity index (χ4v) is 4.05. The summed E-state index contributed by atoms with van der Waals surface area (Å²) in [6.45, 7) is 1.84. The lowest BCUT2D eigenvalue weighted by Gasteiger charge is -2.25. The van der Waals surface area contributed by atoms with E-state index in [4.69, 9.17) is 10.5 Å². The normalized spacial score (nSPS) is 16.5. The molecule has 3 aromatic rings. The molecule has 13 heteroatoms. The van der Waals surface area contributed by atoms with Gasteiger partial charge < -0.3 is 26.4 Å². The van der Waals surface area contributed by atoms with E-state index >= 15 is 0 Å². The first-order valence-electron chi connectivity index (χ1n) is 10.0. The molecule has 5 N–H and O–H groups in total. The molecule has 0 radical (unpaired) electrons. The molecule has 32 heavy (non-hydrogen) atoms. The number of hydrogen-bond acceptors (Lipinski definition) is 11. The number of ether oxygens (including phenoxy) is 1. The van der Waals surface area contributed by atoms with E-state index < -0.39 is 9.84 Å². The van der Waals surface area contributed by atoms with Crippen molar-refractivity contribution >= 4 is 33.2 Å². The summed E-state index contributed by atoms with van der Waals surface area (Å²) in [5.74, 6) is 1.62. The number of nitrogens with zero attached hydrogens (tertiary/aromatic N) is 5. The summed E-state index contributed by atoms with van der Waals surface area (Å²) in [5, 5.41) is 14.1. The van der Waals surface area contributed by atoms with Crippen molar-refractivity contribution in [3.63, 3.8) is 0 Å². The zero-order chi connectivity index (χ0) is 22.7. The van der Waals surface area contributed by atoms with Gasteiger partial charge in [0.05, 0.1) is 12.0 Å². The van der Waals surface area contributed by atoms with Crippen LogP contribution in [-0.4, -0.2) is 65.6 Å². The standard InChI is InChI=1S/C19H25N9O3S/c1-31-15-16(24-13-4-3-9-21-10-13)22-11-23-17(15)28-18(20)26-19(27-28)25-12-5-7-14(8-6-12)32(2,29)30/h5-8,11,13,21H,3-4,9-10H2,1-2H3,(H,22,23,24)(H3,20,25,26,27). The summed E-state index contributed by atoms with van der Waals surface area (Å²) in [6, 6.07) is 6.48. The number of sulfone groups is 1. The molecule has 1 fully saturated rings. The highest BCUT2D eigenvalue weighted by Gasteiger charge is 2.21. The molecular weight excluding hydrogens is 434 g/mol. The van der Waals surface area contributed by atoms with Crippen molar-refractivity contribution in [3.05, 3.63) is 30.6 Å². The zero-order valence-corrected chi connectivity index (χ0v) is 18.6. The van der Waals surface area contributed by atoms with Crippen molar-refractivity contribution in [2.45, 2.75) is 23.8 Å². The van der Waals surface area contributed by atoms with Crippen LogP contribution in [-0.2, 0) is 9.84 Å². The lowest BCUT2D eigenvalue weighted by molar-refractivity contribution is 0.406. The van der Waals surface area contributed by atoms with Crippen LogP contribution in [0.15, 0.2) is 35.5 Å². The molecule has 2 aromatic heterocycles. The number of benzene rings is 1. The largest absolute Gasteiger partial charge is 0.490 e. The van der Waals surface area contributed by atoms with Gasteiger partial charge in [0.2, 0.25) is 23.5 Å². The first-order chi connectivity index (χ1) is 15.3. The molecule has 1 aromatic carbocycles. The number of nitrogen functional groups attached to an aromatic ring is 1. The Labute approximate surface area is 185 Å². The monoisotopic (exact) mass is 459 g/mol. The van der Waals surface area contributed by atoms with Crippen LogP contribution in [0.3, 0.4) is 0 Å². The van der Waals surface area contributed by atoms with Crippen molar-refractivity contribution in [3.8, 4) is 11.6 Å². The number of nitrogens with two attached hydrogens (primary N) is 1. The molecular formula is C19H25N9O3S. The fourth-order valence-electron chi connectivity index (χ4n) is 3.42. The molecule has 1 aliphatic heterocycles. The van der Waals surface area contributed by atoms with Crippen LogP contribution < -0.4 is 26.4 Å². The number of aromatic nitrogens is 5. The third-order valence-electron chi connectivity index (χ3n) is 5.00. The van der Waals surface area contributed by atoms with Crippen LogP contribution in [0.2, 0.25) is 0 Å². The minimum atomic E-state index is -3.27. The SMILES string of the molecule is COc1c(NC2CCCNC2)ncnc1-n1nc(Nc2ccc(S(C)(=O)=O)cc2)nc1N. The van der Waals surface area contributed by atoms with Crippen LogP contribution in [0.5, 0.6) is 5.75 Å². The van der Waals surface area contributed by atoms with Crippen LogP contribution in [0.25, 0.3) is 5.82 Å². The summed E-state index contributed by atoms with van der Waals surface area (Å²) in [4.78, 5) is 13.1. The van der Waals surface area contributed by atoms with E-state index in [0.717, 1.165) is 32.2 Å². The molecule has 12 nitrogen and oxygen atoms in total. The quantitative estimate of drug-likeness (QED) is 0.398. The van der Waals surface area contributed by atoms with Gasteiger partial charge in [0.25, 0.3) is 0 Å². The average molecular weight is 460 g/mol. The molecule has 0 amide bonds. The number of anilines is 4. The van der Waals surface area contributed by atoms with E-state index in [0.29, 0.717) is 23.1 Å². The van der Waals surface area contributed by atoms with Crippen molar-refractivity contribution < 1.29 is 13.2 Å². The molecule has 0 spiro atoms. The topological polar surface area (TPSA) is 162 Å². The van der Waals surface area contributed by atoms with Crippen molar-refractivity contribution in [2.75, 3.05) is 42.8 Å². The summed E-state index contributed by atoms with van der Waals surface area (Å²) in [7, 11) is -1.74. The van der Waals surface area contributed by atoms with Gasteiger partial charge in [-0.3, -0.25) is 0 Å². The van der Waals surface area contributed by atoms with Gasteiger partial charge >= 0.3 is 0 Å². The minimum absolute atomic E-state index is 0.0996. The second-order valence-electron chi connectivity index (χ2n) is 7.39. The van der Waals surface area contributed by atoms with Gasteiger partial charge in [0.15, 0.2) is 15.7 Å². The molecule has 3 heterocycles. The van der Waals surface area contributed by atoms with Gasteiger partial charge in [-0.2, -0.15) is 9.67 Å². The van der Waals surface area contributed by atoms with Gasteiger partial charge in [0.1, 0.15) is 6.33 Å². The van der Waals surface area contributed by atoms with E-state index in [2.05, 4.69) is 36.0 Å². The third-order valence-corrected chi connectivity index (χ3v) is 6.13. The summed E-state index contributed by atoms with van der Waals surface area (Å²) in [5.41, 5.74) is 6.70. The average Bonchev–Trinajstić information content (AvgIpc) is 3.13. The van der Waals surface area contributed by atoms with Gasteiger partial charge in [0, 0.05) is 24.5 Å². The molecule has 0 saturated carbocycles. The van der Waals surface area contributed by atoms with Gasteiger partial charge in [-0.25, -0.2) is 18.4 Å². The van der Waals surface area contributed by atoms with E-state index in [1.165, 1.54) is 30.3 Å². The van der Waals surface area contributed by atoms with Crippen LogP contribution in [0, 0.1) is 0 Å². The Bertz CT molecular complexity index is 1190. The summed E-state index contributed by atoms with van der Waals surface area (Å²) >= 11 is 0. The van der Waals surface area contributed by atoms with E-state index in [1.807, 2.05) is 0 Å². The maximum Gasteiger partial charge on any atom is 0.248 e. The fraction of sp³-hybridized carbons (Fsp3) is 0.368. The summed E-state index contributed by atoms with van der Waals surface area (Å²) in [6.07, 6.45) is 4.66. The van der Waals surface area contributed by atoms with Gasteiger partial charge in [-0.15, -0.1) is 5.10 Å². The van der Waals surface area contributed by atoms with Crippen molar-refractivity contribution in [1.29, 1.82) is 0 Å². The molecule has 1 atom stereocenters. The Balaban J connectivity index is 1.58. The van der Waals surface area contributed by atoms with Crippen molar-refractivity contribution in [2.24, 2.45) is 0 Å². The number of piperidine rings is 1. The Morgan fingerprint density at radius 1 is 1.25 bits per heavy atom. The lowest BCUT2D eigenvalue weighted by Crippen LogP contribution is -2.38. The Morgan fingerprint density at radius 2 is 2.03 bits per heavy atom. The second-order valence-corrected chi connectivity index (χ2v) is 9.41. The molecule has 1 unspecified atom stereocenters. The first kappa shape index (κ1) is 21.8. The summed E-state index contributed by atoms with van der Waals surface area (Å²) < 4.78 is 30.2. The van der Waals surface area contributed by atoms with Crippen LogP contribution in [0.4, 0.5) is 23.4 Å². The molecule has 170 valence electrons. The number of hydrogen-bond donors (Lipinski definition) is 4.